The summed E-state index contributed by atoms with van der Waals surface area (Å²) >= 11 is 0. The van der Waals surface area contributed by atoms with Crippen molar-refractivity contribution >= 4 is 12.0 Å². The largest absolute Gasteiger partial charge is 0.479 e. The minimum Gasteiger partial charge on any atom is -0.479 e. The Bertz CT molecular complexity index is 385. The maximum absolute atomic E-state index is 12.3. The van der Waals surface area contributed by atoms with Crippen LogP contribution < -0.4 is 5.32 Å². The lowest BCUT2D eigenvalue weighted by molar-refractivity contribution is -0.148. The van der Waals surface area contributed by atoms with Gasteiger partial charge in [0.05, 0.1) is 0 Å². The Morgan fingerprint density at radius 2 is 2.10 bits per heavy atom. The zero-order chi connectivity index (χ0) is 14.8. The van der Waals surface area contributed by atoms with Gasteiger partial charge in [-0.3, -0.25) is 0 Å². The summed E-state index contributed by atoms with van der Waals surface area (Å²) in [7, 11) is 0. The van der Waals surface area contributed by atoms with Gasteiger partial charge in [-0.25, -0.2) is 9.59 Å². The van der Waals surface area contributed by atoms with E-state index in [1.807, 2.05) is 6.92 Å². The van der Waals surface area contributed by atoms with E-state index in [-0.39, 0.29) is 6.03 Å². The summed E-state index contributed by atoms with van der Waals surface area (Å²) in [4.78, 5) is 25.4. The molecule has 114 valence electrons. The number of aliphatic carboxylic acids is 1. The molecule has 0 aromatic carbocycles. The molecule has 1 aliphatic heterocycles. The molecule has 0 aromatic heterocycles. The topological polar surface area (TPSA) is 69.6 Å². The quantitative estimate of drug-likeness (QED) is 0.832. The molecule has 2 amide bonds. The van der Waals surface area contributed by atoms with Gasteiger partial charge in [-0.05, 0) is 37.5 Å². The van der Waals surface area contributed by atoms with Gasteiger partial charge in [0.1, 0.15) is 5.54 Å². The van der Waals surface area contributed by atoms with Gasteiger partial charge in [0.15, 0.2) is 0 Å². The molecule has 3 unspecified atom stereocenters. The van der Waals surface area contributed by atoms with Gasteiger partial charge in [0.2, 0.25) is 0 Å². The predicted octanol–water partition coefficient (Wildman–Crippen LogP) is 2.46. The van der Waals surface area contributed by atoms with Crippen molar-refractivity contribution in [3.8, 4) is 0 Å². The summed E-state index contributed by atoms with van der Waals surface area (Å²) in [5.74, 6) is 0.327. The number of nitrogens with zero attached hydrogens (tertiary/aromatic N) is 1. The molecule has 0 radical (unpaired) electrons. The Balaban J connectivity index is 1.95. The van der Waals surface area contributed by atoms with Crippen LogP contribution in [-0.2, 0) is 4.79 Å². The Morgan fingerprint density at radius 3 is 2.65 bits per heavy atom. The maximum Gasteiger partial charge on any atom is 0.329 e. The van der Waals surface area contributed by atoms with Gasteiger partial charge in [0, 0.05) is 13.1 Å². The summed E-state index contributed by atoms with van der Waals surface area (Å²) in [5.41, 5.74) is -0.995. The molecular weight excluding hydrogens is 256 g/mol. The van der Waals surface area contributed by atoms with Crippen LogP contribution in [0.2, 0.25) is 0 Å². The molecule has 2 rings (SSSR count). The molecule has 1 aliphatic carbocycles. The van der Waals surface area contributed by atoms with E-state index in [1.54, 1.807) is 0 Å². The van der Waals surface area contributed by atoms with Gasteiger partial charge in [-0.1, -0.05) is 26.7 Å². The lowest BCUT2D eigenvalue weighted by Crippen LogP contribution is -2.56. The normalized spacial score (nSPS) is 33.4. The standard InChI is InChI=1S/C15H26N2O3/c1-3-15(13(18)19)8-5-9-17(15)14(20)16-10-12-7-4-6-11(12)2/h11-12H,3-10H2,1-2H3,(H,16,20)(H,18,19). The highest BCUT2D eigenvalue weighted by Crippen LogP contribution is 2.33. The second-order valence-corrected chi connectivity index (χ2v) is 6.30. The van der Waals surface area contributed by atoms with E-state index in [0.29, 0.717) is 37.8 Å². The number of carboxylic acids is 1. The number of hydrogen-bond acceptors (Lipinski definition) is 2. The van der Waals surface area contributed by atoms with Crippen molar-refractivity contribution in [1.29, 1.82) is 0 Å². The Kier molecular flexibility index (Phi) is 4.55. The molecule has 1 saturated heterocycles. The molecule has 2 N–H and O–H groups in total. The fourth-order valence-electron chi connectivity index (χ4n) is 3.76. The van der Waals surface area contributed by atoms with E-state index >= 15 is 0 Å². The molecule has 20 heavy (non-hydrogen) atoms. The molecule has 1 saturated carbocycles. The summed E-state index contributed by atoms with van der Waals surface area (Å²) in [6.07, 6.45) is 5.44. The van der Waals surface area contributed by atoms with E-state index in [0.717, 1.165) is 6.42 Å². The number of amides is 2. The van der Waals surface area contributed by atoms with Crippen molar-refractivity contribution in [3.63, 3.8) is 0 Å². The smallest absolute Gasteiger partial charge is 0.329 e. The number of carbonyl (C=O) groups is 2. The highest BCUT2D eigenvalue weighted by Gasteiger charge is 2.48. The van der Waals surface area contributed by atoms with Crippen LogP contribution in [0.15, 0.2) is 0 Å². The molecule has 0 spiro atoms. The number of nitrogens with one attached hydrogen (secondary N) is 1. The number of hydrogen-bond donors (Lipinski definition) is 2. The third kappa shape index (κ3) is 2.63. The molecule has 5 nitrogen and oxygen atoms in total. The van der Waals surface area contributed by atoms with Crippen LogP contribution in [0, 0.1) is 11.8 Å². The highest BCUT2D eigenvalue weighted by atomic mass is 16.4. The molecule has 0 bridgehead atoms. The number of likely N-dealkylation sites (tertiary alicyclic amines) is 1. The molecule has 0 aromatic rings. The zero-order valence-corrected chi connectivity index (χ0v) is 12.5. The van der Waals surface area contributed by atoms with Gasteiger partial charge in [-0.2, -0.15) is 0 Å². The summed E-state index contributed by atoms with van der Waals surface area (Å²) in [5, 5.41) is 12.4. The van der Waals surface area contributed by atoms with E-state index in [2.05, 4.69) is 12.2 Å². The van der Waals surface area contributed by atoms with Crippen molar-refractivity contribution in [2.45, 2.75) is 57.9 Å². The number of urea groups is 1. The first kappa shape index (κ1) is 15.1. The minimum atomic E-state index is -0.995. The van der Waals surface area contributed by atoms with Crippen molar-refractivity contribution in [2.75, 3.05) is 13.1 Å². The summed E-state index contributed by atoms with van der Waals surface area (Å²) in [6, 6.07) is -0.203. The minimum absolute atomic E-state index is 0.203. The maximum atomic E-state index is 12.3. The zero-order valence-electron chi connectivity index (χ0n) is 12.5. The first-order chi connectivity index (χ1) is 9.51. The first-order valence-corrected chi connectivity index (χ1v) is 7.80. The van der Waals surface area contributed by atoms with Crippen LogP contribution in [0.4, 0.5) is 4.79 Å². The average Bonchev–Trinajstić information content (AvgIpc) is 3.02. The van der Waals surface area contributed by atoms with Crippen molar-refractivity contribution < 1.29 is 14.7 Å². The van der Waals surface area contributed by atoms with Gasteiger partial charge < -0.3 is 15.3 Å². The number of carbonyl (C=O) groups excluding carboxylic acids is 1. The Hall–Kier alpha value is -1.26. The van der Waals surface area contributed by atoms with Crippen LogP contribution in [0.3, 0.4) is 0 Å². The van der Waals surface area contributed by atoms with Gasteiger partial charge in [-0.15, -0.1) is 0 Å². The van der Waals surface area contributed by atoms with Crippen LogP contribution in [0.5, 0.6) is 0 Å². The van der Waals surface area contributed by atoms with Crippen LogP contribution in [0.25, 0.3) is 0 Å². The van der Waals surface area contributed by atoms with E-state index < -0.39 is 11.5 Å². The highest BCUT2D eigenvalue weighted by molar-refractivity contribution is 5.87. The molecule has 1 heterocycles. The van der Waals surface area contributed by atoms with E-state index in [9.17, 15) is 14.7 Å². The number of carboxylic acid groups (broad SMARTS) is 1. The van der Waals surface area contributed by atoms with Crippen molar-refractivity contribution in [3.05, 3.63) is 0 Å². The lowest BCUT2D eigenvalue weighted by atomic mass is 9.93. The fourth-order valence-corrected chi connectivity index (χ4v) is 3.76. The van der Waals surface area contributed by atoms with Crippen LogP contribution in [0.1, 0.15) is 52.4 Å². The SMILES string of the molecule is CCC1(C(=O)O)CCCN1C(=O)NCC1CCCC1C. The van der Waals surface area contributed by atoms with Crippen LogP contribution in [-0.4, -0.2) is 40.6 Å². The van der Waals surface area contributed by atoms with Crippen molar-refractivity contribution in [1.82, 2.24) is 10.2 Å². The van der Waals surface area contributed by atoms with E-state index in [1.165, 1.54) is 24.2 Å². The molecule has 2 aliphatic rings. The van der Waals surface area contributed by atoms with Crippen LogP contribution >= 0.6 is 0 Å². The second kappa shape index (κ2) is 6.02. The molecular formula is C15H26N2O3. The molecule has 3 atom stereocenters. The third-order valence-corrected chi connectivity index (χ3v) is 5.27. The third-order valence-electron chi connectivity index (χ3n) is 5.27. The summed E-state index contributed by atoms with van der Waals surface area (Å²) < 4.78 is 0. The van der Waals surface area contributed by atoms with Gasteiger partial charge >= 0.3 is 12.0 Å². The molecule has 5 heteroatoms. The first-order valence-electron chi connectivity index (χ1n) is 7.80. The van der Waals surface area contributed by atoms with E-state index in [4.69, 9.17) is 0 Å². The predicted molar refractivity (Wildman–Crippen MR) is 76.5 cm³/mol. The lowest BCUT2D eigenvalue weighted by Gasteiger charge is -2.34. The summed E-state index contributed by atoms with van der Waals surface area (Å²) in [6.45, 7) is 5.30. The van der Waals surface area contributed by atoms with Crippen molar-refractivity contribution in [2.24, 2.45) is 11.8 Å². The molecule has 2 fully saturated rings. The Morgan fingerprint density at radius 1 is 1.35 bits per heavy atom. The number of rotatable bonds is 4. The Labute approximate surface area is 120 Å². The second-order valence-electron chi connectivity index (χ2n) is 6.30. The average molecular weight is 282 g/mol. The fraction of sp³-hybridized carbons (Fsp3) is 0.867. The van der Waals surface area contributed by atoms with Gasteiger partial charge in [0.25, 0.3) is 0 Å². The monoisotopic (exact) mass is 282 g/mol.